The maximum absolute atomic E-state index is 13.0. The molecule has 0 saturated heterocycles. The Morgan fingerprint density at radius 2 is 2.03 bits per heavy atom. The van der Waals surface area contributed by atoms with Gasteiger partial charge in [-0.05, 0) is 30.3 Å². The Morgan fingerprint density at radius 1 is 1.27 bits per heavy atom. The minimum Gasteiger partial charge on any atom is -0.495 e. The molecule has 1 heterocycles. The number of carbonyl (C=O) groups is 1. The summed E-state index contributed by atoms with van der Waals surface area (Å²) in [4.78, 5) is 15.6. The molecule has 3 aromatic rings. The van der Waals surface area contributed by atoms with E-state index in [1.54, 1.807) is 24.3 Å². The van der Waals surface area contributed by atoms with Crippen LogP contribution >= 0.6 is 11.6 Å². The van der Waals surface area contributed by atoms with E-state index in [1.807, 2.05) is 0 Å². The predicted molar refractivity (Wildman–Crippen MR) is 111 cm³/mol. The van der Waals surface area contributed by atoms with Crippen molar-refractivity contribution >= 4 is 33.2 Å². The van der Waals surface area contributed by atoms with Gasteiger partial charge in [0.05, 0.1) is 24.2 Å². The molecular weight excluding hydrogens is 432 g/mol. The highest BCUT2D eigenvalue weighted by Crippen LogP contribution is 2.29. The van der Waals surface area contributed by atoms with E-state index in [-0.39, 0.29) is 28.9 Å². The fourth-order valence-electron chi connectivity index (χ4n) is 2.65. The first-order valence-corrected chi connectivity index (χ1v) is 10.5. The molecule has 1 aromatic heterocycles. The number of hydrogen-bond acceptors (Lipinski definition) is 7. The third kappa shape index (κ3) is 4.78. The molecule has 1 N–H and O–H groups in total. The van der Waals surface area contributed by atoms with Gasteiger partial charge in [-0.2, -0.15) is 9.29 Å². The number of hydrogen-bond donors (Lipinski definition) is 1. The first-order chi connectivity index (χ1) is 14.2. The molecule has 2 aromatic carbocycles. The van der Waals surface area contributed by atoms with Crippen LogP contribution in [0.25, 0.3) is 11.4 Å². The Kier molecular flexibility index (Phi) is 6.40. The highest BCUT2D eigenvalue weighted by molar-refractivity contribution is 7.89. The number of methoxy groups -OCH3 is 1. The standard InChI is InChI=1S/C19H19ClN4O5S/c1-12(25)21-16-10-15(7-8-17(16)28-3)30(26,27)24(2)11-18-22-19(23-29-18)13-5-4-6-14(20)9-13/h4-10H,11H2,1-3H3,(H,21,25). The second kappa shape index (κ2) is 8.82. The van der Waals surface area contributed by atoms with Gasteiger partial charge in [0.1, 0.15) is 5.75 Å². The molecule has 0 spiro atoms. The molecule has 9 nitrogen and oxygen atoms in total. The molecular formula is C19H19ClN4O5S. The van der Waals surface area contributed by atoms with Crippen LogP contribution in [0.3, 0.4) is 0 Å². The largest absolute Gasteiger partial charge is 0.495 e. The molecule has 11 heteroatoms. The molecule has 0 aliphatic rings. The maximum atomic E-state index is 13.0. The Labute approximate surface area is 178 Å². The quantitative estimate of drug-likeness (QED) is 0.587. The maximum Gasteiger partial charge on any atom is 0.243 e. The van der Waals surface area contributed by atoms with Crippen molar-refractivity contribution in [1.29, 1.82) is 0 Å². The van der Waals surface area contributed by atoms with Gasteiger partial charge in [0.2, 0.25) is 27.6 Å². The van der Waals surface area contributed by atoms with Crippen molar-refractivity contribution in [2.24, 2.45) is 0 Å². The Hall–Kier alpha value is -2.95. The van der Waals surface area contributed by atoms with Crippen LogP contribution in [0.15, 0.2) is 51.9 Å². The van der Waals surface area contributed by atoms with E-state index in [9.17, 15) is 13.2 Å². The van der Waals surface area contributed by atoms with Crippen molar-refractivity contribution in [1.82, 2.24) is 14.4 Å². The average Bonchev–Trinajstić information content (AvgIpc) is 3.16. The van der Waals surface area contributed by atoms with Gasteiger partial charge in [-0.15, -0.1) is 0 Å². The Morgan fingerprint density at radius 3 is 2.70 bits per heavy atom. The lowest BCUT2D eigenvalue weighted by Crippen LogP contribution is -2.26. The number of rotatable bonds is 7. The van der Waals surface area contributed by atoms with Gasteiger partial charge in [-0.3, -0.25) is 4.79 Å². The van der Waals surface area contributed by atoms with Gasteiger partial charge in [0.15, 0.2) is 0 Å². The van der Waals surface area contributed by atoms with E-state index >= 15 is 0 Å². The molecule has 0 radical (unpaired) electrons. The first-order valence-electron chi connectivity index (χ1n) is 8.71. The molecule has 0 atom stereocenters. The van der Waals surface area contributed by atoms with Crippen molar-refractivity contribution in [2.45, 2.75) is 18.4 Å². The zero-order chi connectivity index (χ0) is 21.9. The number of anilines is 1. The van der Waals surface area contributed by atoms with Crippen LogP contribution < -0.4 is 10.1 Å². The number of amides is 1. The summed E-state index contributed by atoms with van der Waals surface area (Å²) in [5.41, 5.74) is 0.902. The van der Waals surface area contributed by atoms with Crippen LogP contribution in [0.1, 0.15) is 12.8 Å². The smallest absolute Gasteiger partial charge is 0.243 e. The number of aromatic nitrogens is 2. The average molecular weight is 451 g/mol. The molecule has 3 rings (SSSR count). The molecule has 0 saturated carbocycles. The summed E-state index contributed by atoms with van der Waals surface area (Å²) in [6.45, 7) is 1.18. The summed E-state index contributed by atoms with van der Waals surface area (Å²) >= 11 is 5.97. The Balaban J connectivity index is 1.83. The summed E-state index contributed by atoms with van der Waals surface area (Å²) in [6.07, 6.45) is 0. The number of ether oxygens (including phenoxy) is 1. The van der Waals surface area contributed by atoms with Crippen LogP contribution in [0.5, 0.6) is 5.75 Å². The second-order valence-corrected chi connectivity index (χ2v) is 8.81. The monoisotopic (exact) mass is 450 g/mol. The van der Waals surface area contributed by atoms with E-state index in [2.05, 4.69) is 15.5 Å². The number of halogens is 1. The van der Waals surface area contributed by atoms with Gasteiger partial charge in [0.25, 0.3) is 0 Å². The van der Waals surface area contributed by atoms with Gasteiger partial charge < -0.3 is 14.6 Å². The van der Waals surface area contributed by atoms with E-state index in [0.29, 0.717) is 22.2 Å². The third-order valence-corrected chi connectivity index (χ3v) is 6.13. The zero-order valence-corrected chi connectivity index (χ0v) is 18.0. The lowest BCUT2D eigenvalue weighted by Gasteiger charge is -2.17. The molecule has 1 amide bonds. The highest BCUT2D eigenvalue weighted by atomic mass is 35.5. The van der Waals surface area contributed by atoms with E-state index < -0.39 is 10.0 Å². The molecule has 0 aliphatic heterocycles. The lowest BCUT2D eigenvalue weighted by molar-refractivity contribution is -0.114. The summed E-state index contributed by atoms with van der Waals surface area (Å²) < 4.78 is 37.3. The normalized spacial score (nSPS) is 11.5. The number of benzene rings is 2. The predicted octanol–water partition coefficient (Wildman–Crippen LogP) is 3.18. The third-order valence-electron chi connectivity index (χ3n) is 4.10. The van der Waals surface area contributed by atoms with Crippen LogP contribution in [0, 0.1) is 0 Å². The summed E-state index contributed by atoms with van der Waals surface area (Å²) in [6, 6.07) is 11.1. The minimum absolute atomic E-state index is 0.0240. The van der Waals surface area contributed by atoms with Crippen molar-refractivity contribution in [3.05, 3.63) is 53.4 Å². The summed E-state index contributed by atoms with van der Waals surface area (Å²) in [5, 5.41) is 6.95. The number of carbonyl (C=O) groups excluding carboxylic acids is 1. The van der Waals surface area contributed by atoms with E-state index in [0.717, 1.165) is 4.31 Å². The van der Waals surface area contributed by atoms with Crippen molar-refractivity contribution in [3.8, 4) is 17.1 Å². The number of sulfonamides is 1. The van der Waals surface area contributed by atoms with Crippen LogP contribution in [0.4, 0.5) is 5.69 Å². The van der Waals surface area contributed by atoms with Gasteiger partial charge in [-0.25, -0.2) is 8.42 Å². The van der Waals surface area contributed by atoms with E-state index in [4.69, 9.17) is 20.9 Å². The number of nitrogens with one attached hydrogen (secondary N) is 1. The molecule has 0 aliphatic carbocycles. The zero-order valence-electron chi connectivity index (χ0n) is 16.4. The van der Waals surface area contributed by atoms with Crippen LogP contribution in [-0.4, -0.2) is 42.9 Å². The van der Waals surface area contributed by atoms with Gasteiger partial charge in [0, 0.05) is 24.6 Å². The van der Waals surface area contributed by atoms with Crippen LogP contribution in [-0.2, 0) is 21.4 Å². The minimum atomic E-state index is -3.90. The fourth-order valence-corrected chi connectivity index (χ4v) is 3.99. The summed E-state index contributed by atoms with van der Waals surface area (Å²) in [7, 11) is -1.09. The van der Waals surface area contributed by atoms with E-state index in [1.165, 1.54) is 39.3 Å². The fraction of sp³-hybridized carbons (Fsp3) is 0.211. The molecule has 158 valence electrons. The SMILES string of the molecule is COc1ccc(S(=O)(=O)N(C)Cc2nc(-c3cccc(Cl)c3)no2)cc1NC(C)=O. The first kappa shape index (κ1) is 21.8. The molecule has 0 fully saturated rings. The van der Waals surface area contributed by atoms with Gasteiger partial charge >= 0.3 is 0 Å². The topological polar surface area (TPSA) is 115 Å². The second-order valence-electron chi connectivity index (χ2n) is 6.33. The van der Waals surface area contributed by atoms with Crippen molar-refractivity contribution in [2.75, 3.05) is 19.5 Å². The van der Waals surface area contributed by atoms with Crippen molar-refractivity contribution < 1.29 is 22.5 Å². The Bertz CT molecular complexity index is 1180. The van der Waals surface area contributed by atoms with Crippen LogP contribution in [0.2, 0.25) is 5.02 Å². The molecule has 30 heavy (non-hydrogen) atoms. The summed E-state index contributed by atoms with van der Waals surface area (Å²) in [5.74, 6) is 0.410. The van der Waals surface area contributed by atoms with Crippen molar-refractivity contribution in [3.63, 3.8) is 0 Å². The van der Waals surface area contributed by atoms with Gasteiger partial charge in [-0.1, -0.05) is 28.9 Å². The molecule has 0 bridgehead atoms. The lowest BCUT2D eigenvalue weighted by atomic mass is 10.2. The highest BCUT2D eigenvalue weighted by Gasteiger charge is 2.24. The molecule has 0 unspecified atom stereocenters. The number of nitrogens with zero attached hydrogens (tertiary/aromatic N) is 3.